The molecule has 6 aromatic carbocycles. The van der Waals surface area contributed by atoms with Crippen molar-refractivity contribution in [2.24, 2.45) is 0 Å². The summed E-state index contributed by atoms with van der Waals surface area (Å²) in [4.78, 5) is 10.1. The predicted octanol–water partition coefficient (Wildman–Crippen LogP) is 10.1. The molecule has 0 aliphatic rings. The predicted molar refractivity (Wildman–Crippen MR) is 164 cm³/mol. The van der Waals surface area contributed by atoms with Gasteiger partial charge in [0, 0.05) is 21.7 Å². The van der Waals surface area contributed by atoms with Gasteiger partial charge in [-0.3, -0.25) is 0 Å². The lowest BCUT2D eigenvalue weighted by molar-refractivity contribution is 1.18. The molecule has 184 valence electrons. The van der Waals surface area contributed by atoms with Crippen LogP contribution in [-0.2, 0) is 0 Å². The van der Waals surface area contributed by atoms with Crippen molar-refractivity contribution in [1.82, 2.24) is 9.97 Å². The normalized spacial score (nSPS) is 11.2. The third-order valence-corrected chi connectivity index (χ3v) is 7.39. The Hall–Kier alpha value is -4.79. The molecule has 1 heterocycles. The Morgan fingerprint density at radius 3 is 1.41 bits per heavy atom. The summed E-state index contributed by atoms with van der Waals surface area (Å²) < 4.78 is 0. The maximum absolute atomic E-state index is 6.09. The van der Waals surface area contributed by atoms with Crippen LogP contribution in [0.25, 0.3) is 66.6 Å². The Balaban J connectivity index is 1.36. The number of nitrogens with zero attached hydrogens (tertiary/aromatic N) is 2. The second-order valence-electron chi connectivity index (χ2n) is 9.67. The Morgan fingerprint density at radius 1 is 0.359 bits per heavy atom. The highest BCUT2D eigenvalue weighted by Gasteiger charge is 2.12. The Kier molecular flexibility index (Phi) is 5.88. The first kappa shape index (κ1) is 23.3. The van der Waals surface area contributed by atoms with Gasteiger partial charge < -0.3 is 0 Å². The van der Waals surface area contributed by atoms with Gasteiger partial charge in [-0.15, -0.1) is 0 Å². The largest absolute Gasteiger partial charge is 0.228 e. The first-order chi connectivity index (χ1) is 19.2. The summed E-state index contributed by atoms with van der Waals surface area (Å²) in [7, 11) is 0. The minimum Gasteiger partial charge on any atom is -0.228 e. The Bertz CT molecular complexity index is 1860. The molecule has 0 atom stereocenters. The molecular formula is C36H23ClN2. The highest BCUT2D eigenvalue weighted by atomic mass is 35.5. The maximum atomic E-state index is 6.09. The molecule has 0 radical (unpaired) electrons. The van der Waals surface area contributed by atoms with Gasteiger partial charge in [0.1, 0.15) is 0 Å². The summed E-state index contributed by atoms with van der Waals surface area (Å²) in [5, 5.41) is 5.50. The summed E-state index contributed by atoms with van der Waals surface area (Å²) in [6.07, 6.45) is 0. The lowest BCUT2D eigenvalue weighted by atomic mass is 10.0. The fourth-order valence-electron chi connectivity index (χ4n) is 5.02. The van der Waals surface area contributed by atoms with Crippen molar-refractivity contribution >= 4 is 33.1 Å². The second-order valence-corrected chi connectivity index (χ2v) is 10.1. The van der Waals surface area contributed by atoms with E-state index in [4.69, 9.17) is 21.6 Å². The number of benzene rings is 6. The molecule has 0 N–H and O–H groups in total. The molecule has 0 saturated heterocycles. The standard InChI is InChI=1S/C36H23ClN2/c37-33-19-17-27(18-20-33)26-9-13-28(14-10-26)34-23-35(31-15-11-24-5-1-3-7-29(24)21-31)39-36(38-34)32-16-12-25-6-2-4-8-30(25)22-32/h1-23H. The van der Waals surface area contributed by atoms with Crippen molar-refractivity contribution in [3.8, 4) is 45.0 Å². The van der Waals surface area contributed by atoms with Gasteiger partial charge in [0.15, 0.2) is 5.82 Å². The summed E-state index contributed by atoms with van der Waals surface area (Å²) in [5.41, 5.74) is 7.15. The van der Waals surface area contributed by atoms with Gasteiger partial charge in [-0.25, -0.2) is 9.97 Å². The minimum absolute atomic E-state index is 0.711. The van der Waals surface area contributed by atoms with E-state index < -0.39 is 0 Å². The van der Waals surface area contributed by atoms with Crippen molar-refractivity contribution in [3.05, 3.63) is 145 Å². The molecule has 7 aromatic rings. The number of halogens is 1. The fraction of sp³-hybridized carbons (Fsp3) is 0. The molecule has 0 unspecified atom stereocenters. The van der Waals surface area contributed by atoms with E-state index in [2.05, 4.69) is 115 Å². The van der Waals surface area contributed by atoms with Gasteiger partial charge in [-0.1, -0.05) is 121 Å². The van der Waals surface area contributed by atoms with Crippen molar-refractivity contribution in [2.75, 3.05) is 0 Å². The average molecular weight is 519 g/mol. The first-order valence-electron chi connectivity index (χ1n) is 12.9. The molecular weight excluding hydrogens is 496 g/mol. The van der Waals surface area contributed by atoms with Crippen LogP contribution in [0.3, 0.4) is 0 Å². The van der Waals surface area contributed by atoms with E-state index in [1.807, 2.05) is 24.3 Å². The average Bonchev–Trinajstić information content (AvgIpc) is 3.01. The summed E-state index contributed by atoms with van der Waals surface area (Å²) >= 11 is 6.09. The number of hydrogen-bond acceptors (Lipinski definition) is 2. The summed E-state index contributed by atoms with van der Waals surface area (Å²) in [5.74, 6) is 0.711. The lowest BCUT2D eigenvalue weighted by Gasteiger charge is -2.11. The van der Waals surface area contributed by atoms with E-state index >= 15 is 0 Å². The molecule has 0 saturated carbocycles. The molecule has 0 spiro atoms. The Morgan fingerprint density at radius 2 is 0.795 bits per heavy atom. The van der Waals surface area contributed by atoms with Crippen LogP contribution in [0, 0.1) is 0 Å². The van der Waals surface area contributed by atoms with Crippen LogP contribution in [0.2, 0.25) is 5.02 Å². The third kappa shape index (κ3) is 4.67. The van der Waals surface area contributed by atoms with Crippen LogP contribution in [0.4, 0.5) is 0 Å². The van der Waals surface area contributed by atoms with Crippen LogP contribution in [0.15, 0.2) is 140 Å². The SMILES string of the molecule is Clc1ccc(-c2ccc(-c3cc(-c4ccc5ccccc5c4)nc(-c4ccc5ccccc5c4)n3)cc2)cc1. The molecule has 0 aliphatic heterocycles. The van der Waals surface area contributed by atoms with Gasteiger partial charge >= 0.3 is 0 Å². The molecule has 0 bridgehead atoms. The zero-order chi connectivity index (χ0) is 26.2. The zero-order valence-electron chi connectivity index (χ0n) is 21.1. The summed E-state index contributed by atoms with van der Waals surface area (Å²) in [6, 6.07) is 48.2. The van der Waals surface area contributed by atoms with Crippen molar-refractivity contribution < 1.29 is 0 Å². The Labute approximate surface area is 232 Å². The van der Waals surface area contributed by atoms with Crippen LogP contribution < -0.4 is 0 Å². The number of rotatable bonds is 4. The van der Waals surface area contributed by atoms with E-state index in [-0.39, 0.29) is 0 Å². The van der Waals surface area contributed by atoms with Crippen LogP contribution in [-0.4, -0.2) is 9.97 Å². The van der Waals surface area contributed by atoms with Gasteiger partial charge in [0.25, 0.3) is 0 Å². The van der Waals surface area contributed by atoms with Gasteiger partial charge in [0.2, 0.25) is 0 Å². The highest BCUT2D eigenvalue weighted by molar-refractivity contribution is 6.30. The van der Waals surface area contributed by atoms with Gasteiger partial charge in [0.05, 0.1) is 11.4 Å². The first-order valence-corrected chi connectivity index (χ1v) is 13.3. The van der Waals surface area contributed by atoms with Crippen LogP contribution in [0.1, 0.15) is 0 Å². The molecule has 3 heteroatoms. The van der Waals surface area contributed by atoms with Gasteiger partial charge in [-0.05, 0) is 63.0 Å². The second kappa shape index (κ2) is 9.83. The van der Waals surface area contributed by atoms with Crippen LogP contribution >= 0.6 is 11.6 Å². The monoisotopic (exact) mass is 518 g/mol. The van der Waals surface area contributed by atoms with Crippen molar-refractivity contribution in [2.45, 2.75) is 0 Å². The summed E-state index contributed by atoms with van der Waals surface area (Å²) in [6.45, 7) is 0. The van der Waals surface area contributed by atoms with E-state index in [9.17, 15) is 0 Å². The molecule has 39 heavy (non-hydrogen) atoms. The molecule has 1 aromatic heterocycles. The topological polar surface area (TPSA) is 25.8 Å². The highest BCUT2D eigenvalue weighted by Crippen LogP contribution is 2.32. The van der Waals surface area contributed by atoms with E-state index in [0.717, 1.165) is 44.2 Å². The maximum Gasteiger partial charge on any atom is 0.160 e. The molecule has 2 nitrogen and oxygen atoms in total. The molecule has 0 amide bonds. The zero-order valence-corrected chi connectivity index (χ0v) is 21.8. The molecule has 0 aliphatic carbocycles. The third-order valence-electron chi connectivity index (χ3n) is 7.14. The lowest BCUT2D eigenvalue weighted by Crippen LogP contribution is -1.96. The van der Waals surface area contributed by atoms with E-state index in [1.54, 1.807) is 0 Å². The minimum atomic E-state index is 0.711. The number of aromatic nitrogens is 2. The molecule has 7 rings (SSSR count). The smallest absolute Gasteiger partial charge is 0.160 e. The van der Waals surface area contributed by atoms with Crippen molar-refractivity contribution in [3.63, 3.8) is 0 Å². The quantitative estimate of drug-likeness (QED) is 0.231. The number of fused-ring (bicyclic) bond motifs is 2. The van der Waals surface area contributed by atoms with E-state index in [1.165, 1.54) is 21.5 Å². The number of hydrogen-bond donors (Lipinski definition) is 0. The van der Waals surface area contributed by atoms with Crippen molar-refractivity contribution in [1.29, 1.82) is 0 Å². The van der Waals surface area contributed by atoms with Gasteiger partial charge in [-0.2, -0.15) is 0 Å². The van der Waals surface area contributed by atoms with Crippen LogP contribution in [0.5, 0.6) is 0 Å². The fourth-order valence-corrected chi connectivity index (χ4v) is 5.15. The molecule has 0 fully saturated rings. The van der Waals surface area contributed by atoms with E-state index in [0.29, 0.717) is 5.82 Å².